The van der Waals surface area contributed by atoms with E-state index in [1.54, 1.807) is 20.4 Å². The first kappa shape index (κ1) is 18.5. The van der Waals surface area contributed by atoms with Crippen molar-refractivity contribution in [2.24, 2.45) is 4.99 Å². The lowest BCUT2D eigenvalue weighted by Crippen LogP contribution is -2.43. The van der Waals surface area contributed by atoms with E-state index >= 15 is 0 Å². The Morgan fingerprint density at radius 2 is 2.17 bits per heavy atom. The molecule has 0 spiro atoms. The maximum Gasteiger partial charge on any atom is 0.213 e. The van der Waals surface area contributed by atoms with Gasteiger partial charge >= 0.3 is 0 Å². The van der Waals surface area contributed by atoms with Gasteiger partial charge in [-0.1, -0.05) is 6.42 Å². The Kier molecular flexibility index (Phi) is 7.82. The fraction of sp³-hybridized carbons (Fsp3) is 0.667. The van der Waals surface area contributed by atoms with Gasteiger partial charge in [-0.2, -0.15) is 0 Å². The molecule has 1 aliphatic rings. The van der Waals surface area contributed by atoms with Gasteiger partial charge in [0, 0.05) is 39.0 Å². The Morgan fingerprint density at radius 3 is 2.88 bits per heavy atom. The van der Waals surface area contributed by atoms with E-state index in [1.165, 1.54) is 19.3 Å². The van der Waals surface area contributed by atoms with Gasteiger partial charge in [0.15, 0.2) is 5.96 Å². The summed E-state index contributed by atoms with van der Waals surface area (Å²) in [7, 11) is 3.46. The third-order valence-corrected chi connectivity index (χ3v) is 4.12. The molecule has 1 aromatic rings. The van der Waals surface area contributed by atoms with Crippen LogP contribution in [0.2, 0.25) is 0 Å². The highest BCUT2D eigenvalue weighted by Gasteiger charge is 2.15. The van der Waals surface area contributed by atoms with Crippen molar-refractivity contribution < 1.29 is 9.47 Å². The number of methoxy groups -OCH3 is 1. The summed E-state index contributed by atoms with van der Waals surface area (Å²) >= 11 is 0. The Morgan fingerprint density at radius 1 is 1.38 bits per heavy atom. The van der Waals surface area contributed by atoms with Gasteiger partial charge in [0.25, 0.3) is 0 Å². The molecule has 134 valence electrons. The molecule has 24 heavy (non-hydrogen) atoms. The normalized spacial score (nSPS) is 17.4. The van der Waals surface area contributed by atoms with Crippen molar-refractivity contribution >= 4 is 5.96 Å². The molecular weight excluding hydrogens is 304 g/mol. The monoisotopic (exact) mass is 334 g/mol. The van der Waals surface area contributed by atoms with E-state index in [0.717, 1.165) is 30.2 Å². The molecule has 0 saturated heterocycles. The minimum absolute atomic E-state index is 0.198. The van der Waals surface area contributed by atoms with Gasteiger partial charge in [0.2, 0.25) is 5.88 Å². The van der Waals surface area contributed by atoms with Crippen LogP contribution in [0.1, 0.15) is 44.6 Å². The quantitative estimate of drug-likeness (QED) is 0.592. The zero-order chi connectivity index (χ0) is 17.2. The van der Waals surface area contributed by atoms with E-state index in [9.17, 15) is 0 Å². The summed E-state index contributed by atoms with van der Waals surface area (Å²) in [5.74, 6) is 1.48. The number of rotatable bonds is 7. The van der Waals surface area contributed by atoms with Gasteiger partial charge in [-0.05, 0) is 44.2 Å². The summed E-state index contributed by atoms with van der Waals surface area (Å²) in [6, 6.07) is 4.20. The minimum atomic E-state index is 0.198. The molecule has 1 unspecified atom stereocenters. The lowest BCUT2D eigenvalue weighted by atomic mass is 9.98. The van der Waals surface area contributed by atoms with Crippen molar-refractivity contribution in [2.75, 3.05) is 20.8 Å². The molecule has 0 bridgehead atoms. The number of pyridine rings is 1. The third-order valence-electron chi connectivity index (χ3n) is 4.12. The van der Waals surface area contributed by atoms with Crippen LogP contribution >= 0.6 is 0 Å². The Balaban J connectivity index is 1.84. The molecule has 1 atom stereocenters. The maximum absolute atomic E-state index is 6.02. The lowest BCUT2D eigenvalue weighted by Gasteiger charge is -2.22. The van der Waals surface area contributed by atoms with Crippen LogP contribution in [0.25, 0.3) is 0 Å². The average molecular weight is 334 g/mol. The first-order valence-corrected chi connectivity index (χ1v) is 8.79. The van der Waals surface area contributed by atoms with Gasteiger partial charge in [0.05, 0.1) is 6.61 Å². The summed E-state index contributed by atoms with van der Waals surface area (Å²) in [4.78, 5) is 8.57. The van der Waals surface area contributed by atoms with Crippen LogP contribution in [0.15, 0.2) is 23.3 Å². The number of hydrogen-bond donors (Lipinski definition) is 2. The smallest absolute Gasteiger partial charge is 0.213 e. The van der Waals surface area contributed by atoms with Crippen molar-refractivity contribution in [2.45, 2.75) is 57.7 Å². The summed E-state index contributed by atoms with van der Waals surface area (Å²) < 4.78 is 11.2. The van der Waals surface area contributed by atoms with Crippen molar-refractivity contribution in [3.05, 3.63) is 23.9 Å². The molecule has 1 heterocycles. The van der Waals surface area contributed by atoms with E-state index in [2.05, 4.69) is 27.5 Å². The summed E-state index contributed by atoms with van der Waals surface area (Å²) in [6.45, 7) is 3.36. The fourth-order valence-electron chi connectivity index (χ4n) is 2.88. The standard InChI is InChI=1S/C18H30N4O2/c1-14(13-23-3)22-18(19-2)21-12-15-9-10-20-17(11-15)24-16-7-5-4-6-8-16/h9-11,14,16H,4-8,12-13H2,1-3H3,(H2,19,21,22). The second-order valence-corrected chi connectivity index (χ2v) is 6.31. The Bertz CT molecular complexity index is 515. The largest absolute Gasteiger partial charge is 0.474 e. The van der Waals surface area contributed by atoms with Crippen LogP contribution in [-0.2, 0) is 11.3 Å². The molecule has 1 saturated carbocycles. The van der Waals surface area contributed by atoms with Crippen LogP contribution in [-0.4, -0.2) is 43.9 Å². The first-order valence-electron chi connectivity index (χ1n) is 8.79. The summed E-state index contributed by atoms with van der Waals surface area (Å²) in [6.07, 6.45) is 8.24. The zero-order valence-electron chi connectivity index (χ0n) is 15.0. The highest BCUT2D eigenvalue weighted by atomic mass is 16.5. The second kappa shape index (κ2) is 10.1. The van der Waals surface area contributed by atoms with Gasteiger partial charge in [-0.15, -0.1) is 0 Å². The molecule has 2 N–H and O–H groups in total. The number of nitrogens with one attached hydrogen (secondary N) is 2. The number of nitrogens with zero attached hydrogens (tertiary/aromatic N) is 2. The van der Waals surface area contributed by atoms with Crippen molar-refractivity contribution in [1.82, 2.24) is 15.6 Å². The van der Waals surface area contributed by atoms with Gasteiger partial charge in [0.1, 0.15) is 6.10 Å². The topological polar surface area (TPSA) is 67.8 Å². The van der Waals surface area contributed by atoms with Gasteiger partial charge < -0.3 is 20.1 Å². The molecule has 1 fully saturated rings. The zero-order valence-corrected chi connectivity index (χ0v) is 15.0. The molecule has 6 heteroatoms. The van der Waals surface area contributed by atoms with E-state index in [4.69, 9.17) is 9.47 Å². The van der Waals surface area contributed by atoms with Gasteiger partial charge in [-0.3, -0.25) is 4.99 Å². The van der Waals surface area contributed by atoms with Crippen LogP contribution < -0.4 is 15.4 Å². The Hall–Kier alpha value is -1.82. The van der Waals surface area contributed by atoms with Gasteiger partial charge in [-0.25, -0.2) is 4.98 Å². The highest BCUT2D eigenvalue weighted by Crippen LogP contribution is 2.22. The SMILES string of the molecule is CN=C(NCc1ccnc(OC2CCCCC2)c1)NC(C)COC. The number of aromatic nitrogens is 1. The van der Waals surface area contributed by atoms with E-state index in [1.807, 2.05) is 12.1 Å². The van der Waals surface area contributed by atoms with Crippen LogP contribution in [0.3, 0.4) is 0 Å². The van der Waals surface area contributed by atoms with E-state index in [-0.39, 0.29) is 6.04 Å². The molecule has 2 rings (SSSR count). The molecule has 6 nitrogen and oxygen atoms in total. The average Bonchev–Trinajstić information content (AvgIpc) is 2.60. The molecule has 1 aromatic heterocycles. The predicted octanol–water partition coefficient (Wildman–Crippen LogP) is 2.49. The Labute approximate surface area is 145 Å². The third kappa shape index (κ3) is 6.35. The van der Waals surface area contributed by atoms with Crippen LogP contribution in [0.5, 0.6) is 5.88 Å². The number of ether oxygens (including phenoxy) is 2. The molecule has 0 radical (unpaired) electrons. The van der Waals surface area contributed by atoms with Crippen LogP contribution in [0, 0.1) is 0 Å². The molecule has 0 amide bonds. The van der Waals surface area contributed by atoms with E-state index in [0.29, 0.717) is 19.3 Å². The molecule has 1 aliphatic carbocycles. The molecular formula is C18H30N4O2. The first-order chi connectivity index (χ1) is 11.7. The summed E-state index contributed by atoms with van der Waals surface area (Å²) in [5, 5.41) is 6.59. The maximum atomic E-state index is 6.02. The van der Waals surface area contributed by atoms with Crippen LogP contribution in [0.4, 0.5) is 0 Å². The highest BCUT2D eigenvalue weighted by molar-refractivity contribution is 5.79. The lowest BCUT2D eigenvalue weighted by molar-refractivity contribution is 0.148. The number of guanidine groups is 1. The number of aliphatic imine (C=N–C) groups is 1. The van der Waals surface area contributed by atoms with Crippen molar-refractivity contribution in [1.29, 1.82) is 0 Å². The fourth-order valence-corrected chi connectivity index (χ4v) is 2.88. The number of hydrogen-bond acceptors (Lipinski definition) is 4. The minimum Gasteiger partial charge on any atom is -0.474 e. The van der Waals surface area contributed by atoms with Crippen molar-refractivity contribution in [3.63, 3.8) is 0 Å². The molecule has 0 aliphatic heterocycles. The van der Waals surface area contributed by atoms with Crippen molar-refractivity contribution in [3.8, 4) is 5.88 Å². The second-order valence-electron chi connectivity index (χ2n) is 6.31. The predicted molar refractivity (Wildman–Crippen MR) is 96.4 cm³/mol. The summed E-state index contributed by atoms with van der Waals surface area (Å²) in [5.41, 5.74) is 1.12. The van der Waals surface area contributed by atoms with E-state index < -0.39 is 0 Å². The molecule has 0 aromatic carbocycles.